The number of aliphatic hydroxyl groups excluding tert-OH is 2. The van der Waals surface area contributed by atoms with Crippen molar-refractivity contribution in [2.75, 3.05) is 25.6 Å². The van der Waals surface area contributed by atoms with E-state index >= 15 is 0 Å². The second kappa shape index (κ2) is 23.6. The lowest BCUT2D eigenvalue weighted by molar-refractivity contribution is -0.145. The number of anilines is 1. The van der Waals surface area contributed by atoms with E-state index in [0.29, 0.717) is 17.8 Å². The third-order valence-electron chi connectivity index (χ3n) is 10.4. The summed E-state index contributed by atoms with van der Waals surface area (Å²) in [5.41, 5.74) is 5.33. The zero-order valence-corrected chi connectivity index (χ0v) is 35.3. The number of alkyl halides is 3. The zero-order valence-electron chi connectivity index (χ0n) is 34.4. The highest BCUT2D eigenvalue weighted by Gasteiger charge is 2.53. The lowest BCUT2D eigenvalue weighted by Crippen LogP contribution is -2.39. The first kappa shape index (κ1) is 48.3. The van der Waals surface area contributed by atoms with Crippen molar-refractivity contribution < 1.29 is 56.1 Å². The van der Waals surface area contributed by atoms with Gasteiger partial charge in [-0.1, -0.05) is 103 Å². The van der Waals surface area contributed by atoms with Crippen LogP contribution < -0.4 is 5.73 Å². The summed E-state index contributed by atoms with van der Waals surface area (Å²) < 4.78 is 81.5. The molecule has 4 rings (SSSR count). The van der Waals surface area contributed by atoms with Crippen LogP contribution in [-0.4, -0.2) is 77.8 Å². The molecule has 332 valence electrons. The van der Waals surface area contributed by atoms with E-state index in [-0.39, 0.29) is 36.1 Å². The maximum Gasteiger partial charge on any atom is 0.527 e. The van der Waals surface area contributed by atoms with E-state index in [0.717, 1.165) is 38.1 Å². The highest BCUT2D eigenvalue weighted by atomic mass is 31.2. The van der Waals surface area contributed by atoms with Crippen molar-refractivity contribution in [3.63, 3.8) is 0 Å². The highest BCUT2D eigenvalue weighted by Crippen LogP contribution is 2.49. The van der Waals surface area contributed by atoms with Crippen LogP contribution in [0.4, 0.5) is 19.0 Å². The number of fused-ring (bicyclic) bond motifs is 1. The summed E-state index contributed by atoms with van der Waals surface area (Å²) >= 11 is 0. The summed E-state index contributed by atoms with van der Waals surface area (Å²) in [6, 6.07) is 3.21. The summed E-state index contributed by atoms with van der Waals surface area (Å²) in [5.74, 6) is -1.76. The number of halogens is 3. The van der Waals surface area contributed by atoms with Crippen LogP contribution >= 0.6 is 7.82 Å². The van der Waals surface area contributed by atoms with Gasteiger partial charge < -0.3 is 34.7 Å². The van der Waals surface area contributed by atoms with Gasteiger partial charge in [0, 0.05) is 24.6 Å². The lowest BCUT2D eigenvalue weighted by atomic mass is 9.94. The zero-order chi connectivity index (χ0) is 42.9. The number of aromatic nitrogens is 5. The number of nitrogen functional groups attached to an aromatic ring is 1. The summed E-state index contributed by atoms with van der Waals surface area (Å²) in [6.07, 6.45) is 14.1. The smallest absolute Gasteiger partial charge is 0.476 e. The maximum atomic E-state index is 13.1. The minimum atomic E-state index is -4.91. The molecule has 0 aliphatic carbocycles. The van der Waals surface area contributed by atoms with Crippen LogP contribution in [0.2, 0.25) is 0 Å². The van der Waals surface area contributed by atoms with Crippen molar-refractivity contribution in [2.24, 2.45) is 0 Å². The first-order chi connectivity index (χ1) is 28.2. The van der Waals surface area contributed by atoms with Gasteiger partial charge in [-0.3, -0.25) is 9.42 Å². The van der Waals surface area contributed by atoms with Crippen LogP contribution in [0.15, 0.2) is 42.4 Å². The van der Waals surface area contributed by atoms with Crippen molar-refractivity contribution in [3.8, 4) is 0 Å². The Morgan fingerprint density at radius 3 is 2.08 bits per heavy atom. The Morgan fingerprint density at radius 2 is 1.51 bits per heavy atom. The molecule has 1 saturated heterocycles. The van der Waals surface area contributed by atoms with Gasteiger partial charge in [0.25, 0.3) is 0 Å². The molecule has 0 bridgehead atoms. The van der Waals surface area contributed by atoms with E-state index in [1.807, 2.05) is 0 Å². The number of aliphatic hydroxyl groups is 2. The molecule has 5 N–H and O–H groups in total. The van der Waals surface area contributed by atoms with Gasteiger partial charge in [-0.2, -0.15) is 18.3 Å². The number of nitrogens with zero attached hydrogens (tertiary/aromatic N) is 5. The molecule has 1 aliphatic rings. The van der Waals surface area contributed by atoms with E-state index in [1.165, 1.54) is 102 Å². The van der Waals surface area contributed by atoms with Crippen LogP contribution in [0, 0.1) is 0 Å². The molecule has 3 aromatic rings. The van der Waals surface area contributed by atoms with Gasteiger partial charge in [0.05, 0.1) is 25.5 Å². The summed E-state index contributed by atoms with van der Waals surface area (Å²) in [5, 5.41) is 26.1. The minimum absolute atomic E-state index is 0.0635. The first-order valence-electron chi connectivity index (χ1n) is 20.7. The third-order valence-corrected chi connectivity index (χ3v) is 11.3. The monoisotopic (exact) mass is 858 g/mol. The number of allylic oxidation sites excluding steroid dienone is 1. The molecule has 0 spiro atoms. The normalized spacial score (nSPS) is 20.8. The molecule has 1 fully saturated rings. The molecule has 19 heteroatoms. The number of ether oxygens (including phenoxy) is 3. The molecule has 3 aromatic heterocycles. The topological polar surface area (TPSA) is 206 Å². The lowest BCUT2D eigenvalue weighted by Gasteiger charge is -2.27. The number of rotatable bonds is 28. The number of phosphoric ester groups is 1. The molecule has 59 heavy (non-hydrogen) atoms. The van der Waals surface area contributed by atoms with Gasteiger partial charge >= 0.3 is 14.0 Å². The van der Waals surface area contributed by atoms with Crippen molar-refractivity contribution in [1.29, 1.82) is 0 Å². The molecule has 0 amide bonds. The Bertz CT molecular complexity index is 1780. The molecule has 0 aromatic carbocycles. The number of nitrogens with two attached hydrogens (primary N) is 1. The quantitative estimate of drug-likeness (QED) is 0.0308. The molecule has 1 unspecified atom stereocenters. The molecule has 0 saturated carbocycles. The molecular weight excluding hydrogens is 796 g/mol. The van der Waals surface area contributed by atoms with Crippen molar-refractivity contribution in [2.45, 2.75) is 160 Å². The molecule has 15 nitrogen and oxygen atoms in total. The summed E-state index contributed by atoms with van der Waals surface area (Å²) in [4.78, 5) is 21.3. The number of hydrogen-bond acceptors (Lipinski definition) is 13. The molecule has 0 radical (unpaired) electrons. The Hall–Kier alpha value is -3.38. The fourth-order valence-electron chi connectivity index (χ4n) is 6.93. The highest BCUT2D eigenvalue weighted by molar-refractivity contribution is 7.47. The van der Waals surface area contributed by atoms with Crippen LogP contribution in [0.5, 0.6) is 0 Å². The van der Waals surface area contributed by atoms with Crippen LogP contribution in [0.1, 0.15) is 141 Å². The Kier molecular flexibility index (Phi) is 19.3. The van der Waals surface area contributed by atoms with Crippen LogP contribution in [0.25, 0.3) is 5.52 Å². The average Bonchev–Trinajstić information content (AvgIpc) is 3.74. The molecule has 5 atom stereocenters. The fraction of sp³-hybridized carbons (Fsp3) is 0.700. The standard InChI is InChI=1S/C40H62F3N6O9P/c1-4-5-6-7-8-9-10-11-12-13-14-15-16-17-18-19-22-54-26-31(55-25-30-23-45-38(46-24-30)40(41,42)43)27-56-59(52,53)58-29(2)35-34(50)36(51)39(3,57-35)33-21-20-32-37(44)47-28-48-49(32)33/h20-21,23-24,28,31,34,36,50-51H,4-19,22,25-27H2,1-3H3,(H,52,53)(H2,44,47,48)/b35-29+/t31-,34-,36-,39+/m1/s1. The number of unbranched alkanes of at least 4 members (excludes halogenated alkanes) is 15. The Balaban J connectivity index is 1.24. The minimum Gasteiger partial charge on any atom is -0.476 e. The predicted molar refractivity (Wildman–Crippen MR) is 213 cm³/mol. The van der Waals surface area contributed by atoms with Crippen LogP contribution in [-0.2, 0) is 46.2 Å². The Morgan fingerprint density at radius 1 is 0.932 bits per heavy atom. The Labute approximate surface area is 344 Å². The van der Waals surface area contributed by atoms with Crippen molar-refractivity contribution in [3.05, 3.63) is 59.5 Å². The predicted octanol–water partition coefficient (Wildman–Crippen LogP) is 8.32. The largest absolute Gasteiger partial charge is 0.527 e. The summed E-state index contributed by atoms with van der Waals surface area (Å²) in [7, 11) is -4.91. The first-order valence-corrected chi connectivity index (χ1v) is 22.2. The summed E-state index contributed by atoms with van der Waals surface area (Å²) in [6.45, 7) is 4.58. The van der Waals surface area contributed by atoms with E-state index in [2.05, 4.69) is 27.0 Å². The van der Waals surface area contributed by atoms with Crippen molar-refractivity contribution >= 4 is 19.2 Å². The number of hydrogen-bond donors (Lipinski definition) is 4. The maximum absolute atomic E-state index is 13.1. The van der Waals surface area contributed by atoms with E-state index in [1.54, 1.807) is 12.1 Å². The molecular formula is C40H62F3N6O9P. The van der Waals surface area contributed by atoms with Crippen LogP contribution in [0.3, 0.4) is 0 Å². The van der Waals surface area contributed by atoms with E-state index in [9.17, 15) is 32.8 Å². The third kappa shape index (κ3) is 14.9. The van der Waals surface area contributed by atoms with E-state index in [4.69, 9.17) is 29.0 Å². The van der Waals surface area contributed by atoms with Gasteiger partial charge in [-0.15, -0.1) is 0 Å². The number of phosphoric acid groups is 1. The molecule has 4 heterocycles. The van der Waals surface area contributed by atoms with Gasteiger partial charge in [0.1, 0.15) is 35.9 Å². The van der Waals surface area contributed by atoms with Gasteiger partial charge in [0.2, 0.25) is 5.82 Å². The van der Waals surface area contributed by atoms with Gasteiger partial charge in [0.15, 0.2) is 17.2 Å². The van der Waals surface area contributed by atoms with Gasteiger partial charge in [-0.25, -0.2) is 24.0 Å². The average molecular weight is 859 g/mol. The fourth-order valence-corrected chi connectivity index (χ4v) is 7.77. The second-order valence-corrected chi connectivity index (χ2v) is 16.6. The van der Waals surface area contributed by atoms with E-state index < -0.39 is 50.3 Å². The SMILES string of the molecule is CCCCCCCCCCCCCCCCCCOC[C@H](COP(=O)(O)O/C(C)=C1/O[C@@](C)(c2ccc3c(N)ncnn23)[C@H](O)[C@@H]1O)OCc1cnc(C(F)(F)F)nc1. The second-order valence-electron chi connectivity index (χ2n) is 15.3. The van der Waals surface area contributed by atoms with Crippen molar-refractivity contribution in [1.82, 2.24) is 24.6 Å². The van der Waals surface area contributed by atoms with Gasteiger partial charge in [-0.05, 0) is 32.4 Å². The molecule has 1 aliphatic heterocycles.